The molecule has 100 valence electrons. The molecule has 0 aromatic heterocycles. The number of nitrogens with one attached hydrogen (secondary N) is 1. The summed E-state index contributed by atoms with van der Waals surface area (Å²) in [7, 11) is 0. The molecule has 4 heteroatoms. The van der Waals surface area contributed by atoms with Gasteiger partial charge in [-0.1, -0.05) is 57.9 Å². The topological polar surface area (TPSA) is 32.3 Å². The molecule has 0 bridgehead atoms. The molecule has 2 aromatic carbocycles. The van der Waals surface area contributed by atoms with Gasteiger partial charge in [0, 0.05) is 22.6 Å². The van der Waals surface area contributed by atoms with Gasteiger partial charge < -0.3 is 10.4 Å². The Bertz CT molecular complexity index is 547. The molecule has 0 spiro atoms. The Kier molecular flexibility index (Phi) is 5.40. The number of aliphatic hydroxyl groups excluding tert-OH is 1. The van der Waals surface area contributed by atoms with Crippen molar-refractivity contribution in [2.45, 2.75) is 12.6 Å². The molecule has 2 nitrogen and oxygen atoms in total. The largest absolute Gasteiger partial charge is 0.387 e. The molecule has 0 aliphatic heterocycles. The van der Waals surface area contributed by atoms with Gasteiger partial charge in [0.15, 0.2) is 0 Å². The zero-order valence-electron chi connectivity index (χ0n) is 10.3. The summed E-state index contributed by atoms with van der Waals surface area (Å²) in [5.41, 5.74) is 1.92. The van der Waals surface area contributed by atoms with Crippen LogP contribution in [0.2, 0.25) is 5.02 Å². The molecule has 0 radical (unpaired) electrons. The molecule has 0 saturated heterocycles. The van der Waals surface area contributed by atoms with Gasteiger partial charge >= 0.3 is 0 Å². The van der Waals surface area contributed by atoms with Crippen LogP contribution in [0.25, 0.3) is 0 Å². The zero-order chi connectivity index (χ0) is 13.7. The van der Waals surface area contributed by atoms with Crippen molar-refractivity contribution in [1.82, 2.24) is 5.32 Å². The first-order valence-corrected chi connectivity index (χ1v) is 7.21. The van der Waals surface area contributed by atoms with E-state index in [1.165, 1.54) is 0 Å². The van der Waals surface area contributed by atoms with E-state index in [0.717, 1.165) is 20.6 Å². The highest BCUT2D eigenvalue weighted by Gasteiger charge is 2.07. The number of aliphatic hydroxyl groups is 1. The Morgan fingerprint density at radius 3 is 2.68 bits per heavy atom. The van der Waals surface area contributed by atoms with E-state index in [4.69, 9.17) is 11.6 Å². The Labute approximate surface area is 126 Å². The molecule has 0 aliphatic carbocycles. The number of rotatable bonds is 5. The standard InChI is InChI=1S/C15H15BrClNO/c16-13-6-3-5-11(8-13)15(19)10-18-9-12-4-1-2-7-14(12)17/h1-8,15,18-19H,9-10H2. The predicted molar refractivity (Wildman–Crippen MR) is 82.3 cm³/mol. The lowest BCUT2D eigenvalue weighted by atomic mass is 10.1. The smallest absolute Gasteiger partial charge is 0.0914 e. The number of benzene rings is 2. The van der Waals surface area contributed by atoms with Crippen LogP contribution in [0.3, 0.4) is 0 Å². The number of hydrogen-bond acceptors (Lipinski definition) is 2. The molecule has 1 unspecified atom stereocenters. The summed E-state index contributed by atoms with van der Waals surface area (Å²) in [6.45, 7) is 1.13. The van der Waals surface area contributed by atoms with E-state index in [1.54, 1.807) is 0 Å². The van der Waals surface area contributed by atoms with E-state index in [9.17, 15) is 5.11 Å². The van der Waals surface area contributed by atoms with Crippen molar-refractivity contribution in [2.75, 3.05) is 6.54 Å². The first kappa shape index (κ1) is 14.5. The first-order chi connectivity index (χ1) is 9.16. The van der Waals surface area contributed by atoms with Gasteiger partial charge in [0.05, 0.1) is 6.10 Å². The van der Waals surface area contributed by atoms with Crippen LogP contribution in [-0.4, -0.2) is 11.7 Å². The SMILES string of the molecule is OC(CNCc1ccccc1Cl)c1cccc(Br)c1. The maximum absolute atomic E-state index is 10.1. The van der Waals surface area contributed by atoms with E-state index < -0.39 is 6.10 Å². The third kappa shape index (κ3) is 4.32. The lowest BCUT2D eigenvalue weighted by Gasteiger charge is -2.13. The second-order valence-corrected chi connectivity index (χ2v) is 5.62. The maximum atomic E-state index is 10.1. The van der Waals surface area contributed by atoms with Crippen LogP contribution in [0.15, 0.2) is 53.0 Å². The Hall–Kier alpha value is -0.870. The van der Waals surface area contributed by atoms with Gasteiger partial charge in [0.25, 0.3) is 0 Å². The number of hydrogen-bond donors (Lipinski definition) is 2. The lowest BCUT2D eigenvalue weighted by Crippen LogP contribution is -2.21. The molecular formula is C15H15BrClNO. The molecule has 1 atom stereocenters. The van der Waals surface area contributed by atoms with E-state index in [-0.39, 0.29) is 0 Å². The molecule has 2 aromatic rings. The summed E-state index contributed by atoms with van der Waals surface area (Å²) in [6.07, 6.45) is -0.528. The average molecular weight is 341 g/mol. The fourth-order valence-corrected chi connectivity index (χ4v) is 2.44. The van der Waals surface area contributed by atoms with Crippen molar-refractivity contribution in [1.29, 1.82) is 0 Å². The monoisotopic (exact) mass is 339 g/mol. The van der Waals surface area contributed by atoms with Crippen molar-refractivity contribution in [3.8, 4) is 0 Å². The summed E-state index contributed by atoms with van der Waals surface area (Å²) < 4.78 is 0.968. The number of halogens is 2. The molecule has 0 amide bonds. The minimum atomic E-state index is -0.528. The van der Waals surface area contributed by atoms with Crippen LogP contribution in [0, 0.1) is 0 Å². The van der Waals surface area contributed by atoms with Crippen molar-refractivity contribution < 1.29 is 5.11 Å². The van der Waals surface area contributed by atoms with Gasteiger partial charge in [-0.2, -0.15) is 0 Å². The van der Waals surface area contributed by atoms with Gasteiger partial charge in [-0.3, -0.25) is 0 Å². The van der Waals surface area contributed by atoms with Crippen LogP contribution in [-0.2, 0) is 6.54 Å². The Morgan fingerprint density at radius 2 is 1.95 bits per heavy atom. The first-order valence-electron chi connectivity index (χ1n) is 6.04. The van der Waals surface area contributed by atoms with Crippen LogP contribution in [0.1, 0.15) is 17.2 Å². The molecular weight excluding hydrogens is 326 g/mol. The summed E-state index contributed by atoms with van der Waals surface area (Å²) in [5, 5.41) is 14.0. The van der Waals surface area contributed by atoms with Gasteiger partial charge in [-0.25, -0.2) is 0 Å². The molecule has 2 rings (SSSR count). The Balaban J connectivity index is 1.88. The summed E-state index contributed by atoms with van der Waals surface area (Å²) in [5.74, 6) is 0. The van der Waals surface area contributed by atoms with Crippen molar-refractivity contribution in [2.24, 2.45) is 0 Å². The van der Waals surface area contributed by atoms with Crippen LogP contribution in [0.5, 0.6) is 0 Å². The third-order valence-corrected chi connectivity index (χ3v) is 3.71. The van der Waals surface area contributed by atoms with Crippen LogP contribution < -0.4 is 5.32 Å². The molecule has 19 heavy (non-hydrogen) atoms. The van der Waals surface area contributed by atoms with Gasteiger partial charge in [0.1, 0.15) is 0 Å². The average Bonchev–Trinajstić information content (AvgIpc) is 2.41. The molecule has 0 saturated carbocycles. The van der Waals surface area contributed by atoms with Crippen molar-refractivity contribution in [3.63, 3.8) is 0 Å². The highest BCUT2D eigenvalue weighted by atomic mass is 79.9. The molecule has 0 fully saturated rings. The quantitative estimate of drug-likeness (QED) is 0.864. The van der Waals surface area contributed by atoms with E-state index in [0.29, 0.717) is 13.1 Å². The fourth-order valence-electron chi connectivity index (χ4n) is 1.82. The lowest BCUT2D eigenvalue weighted by molar-refractivity contribution is 0.174. The summed E-state index contributed by atoms with van der Waals surface area (Å²) in [6, 6.07) is 15.4. The van der Waals surface area contributed by atoms with Gasteiger partial charge in [0.2, 0.25) is 0 Å². The van der Waals surface area contributed by atoms with E-state index in [1.807, 2.05) is 48.5 Å². The van der Waals surface area contributed by atoms with E-state index >= 15 is 0 Å². The molecule has 2 N–H and O–H groups in total. The second-order valence-electron chi connectivity index (χ2n) is 4.29. The van der Waals surface area contributed by atoms with Crippen LogP contribution in [0.4, 0.5) is 0 Å². The van der Waals surface area contributed by atoms with E-state index in [2.05, 4.69) is 21.2 Å². The predicted octanol–water partition coefficient (Wildman–Crippen LogP) is 3.93. The second kappa shape index (κ2) is 7.06. The fraction of sp³-hybridized carbons (Fsp3) is 0.200. The van der Waals surface area contributed by atoms with Crippen molar-refractivity contribution >= 4 is 27.5 Å². The summed E-state index contributed by atoms with van der Waals surface area (Å²) >= 11 is 9.46. The molecule has 0 aliphatic rings. The Morgan fingerprint density at radius 1 is 1.16 bits per heavy atom. The maximum Gasteiger partial charge on any atom is 0.0914 e. The minimum Gasteiger partial charge on any atom is -0.387 e. The van der Waals surface area contributed by atoms with Crippen LogP contribution >= 0.6 is 27.5 Å². The third-order valence-electron chi connectivity index (χ3n) is 2.84. The van der Waals surface area contributed by atoms with Crippen molar-refractivity contribution in [3.05, 3.63) is 69.2 Å². The normalized spacial score (nSPS) is 12.4. The summed E-state index contributed by atoms with van der Waals surface area (Å²) in [4.78, 5) is 0. The van der Waals surface area contributed by atoms with Gasteiger partial charge in [-0.05, 0) is 29.3 Å². The highest BCUT2D eigenvalue weighted by molar-refractivity contribution is 9.10. The zero-order valence-corrected chi connectivity index (χ0v) is 12.7. The van der Waals surface area contributed by atoms with Gasteiger partial charge in [-0.15, -0.1) is 0 Å². The minimum absolute atomic E-state index is 0.488. The molecule has 0 heterocycles. The highest BCUT2D eigenvalue weighted by Crippen LogP contribution is 2.18.